The number of aromatic hydroxyl groups is 1. The van der Waals surface area contributed by atoms with E-state index in [1.165, 1.54) is 0 Å². The van der Waals surface area contributed by atoms with Gasteiger partial charge < -0.3 is 5.11 Å². The fourth-order valence-corrected chi connectivity index (χ4v) is 3.28. The molecule has 1 heterocycles. The van der Waals surface area contributed by atoms with Crippen LogP contribution in [0.2, 0.25) is 0 Å². The van der Waals surface area contributed by atoms with Crippen LogP contribution in [0.15, 0.2) is 40.3 Å². The molecule has 2 nitrogen and oxygen atoms in total. The Labute approximate surface area is 138 Å². The van der Waals surface area contributed by atoms with Crippen LogP contribution in [-0.2, 0) is 12.8 Å². The van der Waals surface area contributed by atoms with Crippen LogP contribution in [0.1, 0.15) is 50.7 Å². The van der Waals surface area contributed by atoms with Crippen LogP contribution in [0.5, 0.6) is 5.75 Å². The van der Waals surface area contributed by atoms with E-state index in [1.54, 1.807) is 17.8 Å². The minimum atomic E-state index is 0.499. The Balaban J connectivity index is 2.27. The van der Waals surface area contributed by atoms with Crippen molar-refractivity contribution in [2.24, 2.45) is 0 Å². The molecule has 0 amide bonds. The normalized spacial score (nSPS) is 10.8. The lowest BCUT2D eigenvalue weighted by molar-refractivity contribution is 0.458. The number of hydrogen-bond donors (Lipinski definition) is 1. The number of phenolic OH excluding ortho intramolecular Hbond substituents is 1. The Hall–Kier alpha value is -1.48. The third-order valence-electron chi connectivity index (χ3n) is 3.65. The molecule has 22 heavy (non-hydrogen) atoms. The highest BCUT2D eigenvalue weighted by Gasteiger charge is 2.11. The molecule has 0 spiro atoms. The van der Waals surface area contributed by atoms with E-state index in [2.05, 4.69) is 37.2 Å². The fraction of sp³-hybridized carbons (Fsp3) is 0.421. The van der Waals surface area contributed by atoms with Crippen molar-refractivity contribution in [2.45, 2.75) is 62.3 Å². The van der Waals surface area contributed by atoms with E-state index >= 15 is 0 Å². The van der Waals surface area contributed by atoms with Crippen LogP contribution in [0, 0.1) is 6.20 Å². The second-order valence-corrected chi connectivity index (χ2v) is 6.60. The average Bonchev–Trinajstić information content (AvgIpc) is 2.54. The summed E-state index contributed by atoms with van der Waals surface area (Å²) < 4.78 is 0. The van der Waals surface area contributed by atoms with Gasteiger partial charge in [0.2, 0.25) is 0 Å². The van der Waals surface area contributed by atoms with Gasteiger partial charge in [0.1, 0.15) is 10.8 Å². The van der Waals surface area contributed by atoms with E-state index in [1.807, 2.05) is 12.1 Å². The first-order valence-corrected chi connectivity index (χ1v) is 8.92. The van der Waals surface area contributed by atoms with Gasteiger partial charge >= 0.3 is 0 Å². The topological polar surface area (TPSA) is 33.1 Å². The number of phenols is 1. The second kappa shape index (κ2) is 8.84. The number of hydrogen-bond acceptors (Lipinski definition) is 3. The molecule has 0 fully saturated rings. The first kappa shape index (κ1) is 16.9. The molecule has 0 saturated heterocycles. The summed E-state index contributed by atoms with van der Waals surface area (Å²) >= 11 is 1.64. The molecule has 0 aliphatic rings. The van der Waals surface area contributed by atoms with E-state index in [-0.39, 0.29) is 0 Å². The van der Waals surface area contributed by atoms with Crippen molar-refractivity contribution < 1.29 is 5.11 Å². The molecular weight excluding hydrogens is 290 g/mol. The zero-order chi connectivity index (χ0) is 15.8. The SMILES string of the molecule is CCCCc1cc(Sc2ccc[c]n2)cc(CCCC)c1O. The Morgan fingerprint density at radius 1 is 1.09 bits per heavy atom. The van der Waals surface area contributed by atoms with Gasteiger partial charge in [-0.25, -0.2) is 4.98 Å². The number of rotatable bonds is 8. The summed E-state index contributed by atoms with van der Waals surface area (Å²) in [5.41, 5.74) is 2.13. The van der Waals surface area contributed by atoms with Crippen LogP contribution < -0.4 is 0 Å². The molecule has 1 aromatic carbocycles. The van der Waals surface area contributed by atoms with Gasteiger partial charge in [-0.05, 0) is 61.1 Å². The molecule has 0 atom stereocenters. The summed E-state index contributed by atoms with van der Waals surface area (Å²) in [5.74, 6) is 0.499. The molecule has 0 aliphatic heterocycles. The van der Waals surface area contributed by atoms with Gasteiger partial charge in [-0.15, -0.1) is 0 Å². The highest BCUT2D eigenvalue weighted by Crippen LogP contribution is 2.34. The number of benzene rings is 1. The maximum absolute atomic E-state index is 10.5. The lowest BCUT2D eigenvalue weighted by Gasteiger charge is -2.12. The summed E-state index contributed by atoms with van der Waals surface area (Å²) in [6.07, 6.45) is 9.22. The maximum Gasteiger partial charge on any atom is 0.122 e. The number of aromatic nitrogens is 1. The Morgan fingerprint density at radius 2 is 1.73 bits per heavy atom. The minimum Gasteiger partial charge on any atom is -0.507 e. The summed E-state index contributed by atoms with van der Waals surface area (Å²) in [4.78, 5) is 5.41. The van der Waals surface area contributed by atoms with E-state index < -0.39 is 0 Å². The largest absolute Gasteiger partial charge is 0.507 e. The summed E-state index contributed by atoms with van der Waals surface area (Å²) in [6, 6.07) is 9.97. The smallest absolute Gasteiger partial charge is 0.122 e. The van der Waals surface area contributed by atoms with Gasteiger partial charge in [0, 0.05) is 4.90 Å². The maximum atomic E-state index is 10.5. The van der Waals surface area contributed by atoms with Gasteiger partial charge in [0.25, 0.3) is 0 Å². The van der Waals surface area contributed by atoms with Gasteiger partial charge in [-0.1, -0.05) is 44.5 Å². The Bertz CT molecular complexity index is 554. The van der Waals surface area contributed by atoms with Gasteiger partial charge in [-0.3, -0.25) is 0 Å². The molecule has 0 bridgehead atoms. The van der Waals surface area contributed by atoms with Crippen molar-refractivity contribution in [1.29, 1.82) is 0 Å². The molecule has 1 N–H and O–H groups in total. The molecule has 1 radical (unpaired) electrons. The van der Waals surface area contributed by atoms with E-state index in [9.17, 15) is 5.11 Å². The molecule has 2 aromatic rings. The number of nitrogens with zero attached hydrogens (tertiary/aromatic N) is 1. The highest BCUT2D eigenvalue weighted by molar-refractivity contribution is 7.99. The average molecular weight is 314 g/mol. The summed E-state index contributed by atoms with van der Waals surface area (Å²) in [7, 11) is 0. The van der Waals surface area contributed by atoms with Crippen LogP contribution in [-0.4, -0.2) is 10.1 Å². The molecule has 0 unspecified atom stereocenters. The molecule has 2 rings (SSSR count). The molecule has 0 saturated carbocycles. The lowest BCUT2D eigenvalue weighted by Crippen LogP contribution is -1.94. The van der Waals surface area contributed by atoms with E-state index in [0.29, 0.717) is 5.75 Å². The second-order valence-electron chi connectivity index (χ2n) is 5.50. The zero-order valence-electron chi connectivity index (χ0n) is 13.4. The van der Waals surface area contributed by atoms with Crippen molar-refractivity contribution in [2.75, 3.05) is 0 Å². The molecular formula is C19H24NOS. The van der Waals surface area contributed by atoms with Gasteiger partial charge in [-0.2, -0.15) is 0 Å². The minimum absolute atomic E-state index is 0.499. The van der Waals surface area contributed by atoms with Crippen LogP contribution >= 0.6 is 11.8 Å². The van der Waals surface area contributed by atoms with Crippen LogP contribution in [0.3, 0.4) is 0 Å². The van der Waals surface area contributed by atoms with Gasteiger partial charge in [0.15, 0.2) is 0 Å². The molecule has 117 valence electrons. The van der Waals surface area contributed by atoms with E-state index in [4.69, 9.17) is 0 Å². The standard InChI is InChI=1S/C19H24NOS/c1-3-5-9-15-13-17(22-18-11-7-8-12-20-18)14-16(19(15)21)10-6-4-2/h7-8,11,13-14,21H,3-6,9-10H2,1-2H3. The number of pyridine rings is 1. The Kier molecular flexibility index (Phi) is 6.78. The van der Waals surface area contributed by atoms with Crippen LogP contribution in [0.25, 0.3) is 0 Å². The summed E-state index contributed by atoms with van der Waals surface area (Å²) in [6.45, 7) is 4.36. The lowest BCUT2D eigenvalue weighted by atomic mass is 10.0. The van der Waals surface area contributed by atoms with Gasteiger partial charge in [0.05, 0.1) is 6.20 Å². The molecule has 3 heteroatoms. The molecule has 1 aromatic heterocycles. The molecule has 0 aliphatic carbocycles. The van der Waals surface area contributed by atoms with E-state index in [0.717, 1.165) is 59.6 Å². The number of aryl methyl sites for hydroxylation is 2. The monoisotopic (exact) mass is 314 g/mol. The number of unbranched alkanes of at least 4 members (excludes halogenated alkanes) is 2. The first-order valence-electron chi connectivity index (χ1n) is 8.10. The third kappa shape index (κ3) is 4.77. The third-order valence-corrected chi connectivity index (χ3v) is 4.56. The predicted molar refractivity (Wildman–Crippen MR) is 92.5 cm³/mol. The highest BCUT2D eigenvalue weighted by atomic mass is 32.2. The van der Waals surface area contributed by atoms with Crippen molar-refractivity contribution in [3.8, 4) is 5.75 Å². The van der Waals surface area contributed by atoms with Crippen molar-refractivity contribution >= 4 is 11.8 Å². The van der Waals surface area contributed by atoms with Crippen molar-refractivity contribution in [1.82, 2.24) is 4.98 Å². The summed E-state index contributed by atoms with van der Waals surface area (Å²) in [5, 5.41) is 11.4. The van der Waals surface area contributed by atoms with Crippen LogP contribution in [0.4, 0.5) is 0 Å². The van der Waals surface area contributed by atoms with Crippen molar-refractivity contribution in [3.05, 3.63) is 47.7 Å². The first-order chi connectivity index (χ1) is 10.7. The predicted octanol–water partition coefficient (Wildman–Crippen LogP) is 5.42. The fourth-order valence-electron chi connectivity index (χ4n) is 2.39. The quantitative estimate of drug-likeness (QED) is 0.706. The van der Waals surface area contributed by atoms with Crippen molar-refractivity contribution in [3.63, 3.8) is 0 Å². The zero-order valence-corrected chi connectivity index (χ0v) is 14.2. The Morgan fingerprint density at radius 3 is 2.23 bits per heavy atom.